The van der Waals surface area contributed by atoms with Crippen LogP contribution < -0.4 is 11.1 Å². The molecule has 4 nitrogen and oxygen atoms in total. The summed E-state index contributed by atoms with van der Waals surface area (Å²) in [5.41, 5.74) is 7.51. The number of amides is 1. The highest BCUT2D eigenvalue weighted by Crippen LogP contribution is 2.22. The van der Waals surface area contributed by atoms with E-state index in [1.807, 2.05) is 19.1 Å². The second-order valence-corrected chi connectivity index (χ2v) is 5.25. The highest BCUT2D eigenvalue weighted by Gasteiger charge is 2.10. The maximum Gasteiger partial charge on any atom is 0.261 e. The number of thiophene rings is 1. The third-order valence-corrected chi connectivity index (χ3v) is 3.67. The summed E-state index contributed by atoms with van der Waals surface area (Å²) in [6.07, 6.45) is 4.32. The lowest BCUT2D eigenvalue weighted by Crippen LogP contribution is -2.24. The molecule has 0 bridgehead atoms. The maximum absolute atomic E-state index is 11.8. The number of hydrogen-bond acceptors (Lipinski definition) is 4. The van der Waals surface area contributed by atoms with Gasteiger partial charge in [0.2, 0.25) is 0 Å². The highest BCUT2D eigenvalue weighted by atomic mass is 32.1. The Morgan fingerprint density at radius 2 is 2.39 bits per heavy atom. The van der Waals surface area contributed by atoms with Crippen molar-refractivity contribution < 1.29 is 4.79 Å². The lowest BCUT2D eigenvalue weighted by molar-refractivity contribution is 0.0958. The molecule has 2 heterocycles. The average molecular weight is 261 g/mol. The van der Waals surface area contributed by atoms with Gasteiger partial charge in [0.15, 0.2) is 0 Å². The minimum atomic E-state index is -0.0660. The first-order valence-electron chi connectivity index (χ1n) is 5.70. The lowest BCUT2D eigenvalue weighted by Gasteiger charge is -2.03. The summed E-state index contributed by atoms with van der Waals surface area (Å²) in [5.74, 6) is -0.0660. The number of anilines is 1. The fourth-order valence-electron chi connectivity index (χ4n) is 1.56. The van der Waals surface area contributed by atoms with Crippen molar-refractivity contribution in [3.8, 4) is 0 Å². The minimum absolute atomic E-state index is 0.0660. The Morgan fingerprint density at radius 3 is 3.00 bits per heavy atom. The number of nitrogens with one attached hydrogen (secondary N) is 1. The number of carbonyl (C=O) groups excluding carboxylic acids is 1. The molecule has 2 aromatic rings. The topological polar surface area (TPSA) is 68.0 Å². The van der Waals surface area contributed by atoms with E-state index in [1.54, 1.807) is 18.5 Å². The van der Waals surface area contributed by atoms with Crippen molar-refractivity contribution in [2.24, 2.45) is 0 Å². The van der Waals surface area contributed by atoms with Gasteiger partial charge in [0.05, 0.1) is 4.88 Å². The Balaban J connectivity index is 1.85. The standard InChI is InChI=1S/C13H15N3OS/c1-9-11(14)7-12(18-9)13(17)16-6-4-10-3-2-5-15-8-10/h2-3,5,7-8H,4,6,14H2,1H3,(H,16,17). The van der Waals surface area contributed by atoms with E-state index in [0.29, 0.717) is 17.1 Å². The van der Waals surface area contributed by atoms with Crippen LogP contribution in [0.25, 0.3) is 0 Å². The van der Waals surface area contributed by atoms with Crippen LogP contribution in [0, 0.1) is 6.92 Å². The summed E-state index contributed by atoms with van der Waals surface area (Å²) < 4.78 is 0. The molecule has 1 amide bonds. The zero-order valence-corrected chi connectivity index (χ0v) is 11.0. The molecule has 5 heteroatoms. The van der Waals surface area contributed by atoms with E-state index < -0.39 is 0 Å². The molecular formula is C13H15N3OS. The average Bonchev–Trinajstić information content (AvgIpc) is 2.71. The molecule has 3 N–H and O–H groups in total. The van der Waals surface area contributed by atoms with Gasteiger partial charge in [0.25, 0.3) is 5.91 Å². The largest absolute Gasteiger partial charge is 0.398 e. The predicted octanol–water partition coefficient (Wildman–Crippen LogP) is 2.01. The van der Waals surface area contributed by atoms with Gasteiger partial charge in [-0.15, -0.1) is 11.3 Å². The summed E-state index contributed by atoms with van der Waals surface area (Å²) in [6.45, 7) is 2.51. The second kappa shape index (κ2) is 5.64. The van der Waals surface area contributed by atoms with Crippen molar-refractivity contribution in [3.63, 3.8) is 0 Å². The molecule has 0 saturated heterocycles. The molecule has 2 rings (SSSR count). The van der Waals surface area contributed by atoms with Crippen molar-refractivity contribution in [1.82, 2.24) is 10.3 Å². The van der Waals surface area contributed by atoms with Gasteiger partial charge in [-0.25, -0.2) is 0 Å². The third-order valence-electron chi connectivity index (χ3n) is 2.60. The van der Waals surface area contributed by atoms with E-state index in [1.165, 1.54) is 11.3 Å². The normalized spacial score (nSPS) is 10.3. The van der Waals surface area contributed by atoms with Gasteiger partial charge in [-0.1, -0.05) is 6.07 Å². The molecular weight excluding hydrogens is 246 g/mol. The van der Waals surface area contributed by atoms with Crippen LogP contribution in [0.4, 0.5) is 5.69 Å². The Bertz CT molecular complexity index is 517. The van der Waals surface area contributed by atoms with Crippen LogP contribution in [-0.2, 0) is 6.42 Å². The van der Waals surface area contributed by atoms with E-state index in [2.05, 4.69) is 10.3 Å². The number of pyridine rings is 1. The molecule has 0 fully saturated rings. The Morgan fingerprint density at radius 1 is 1.56 bits per heavy atom. The van der Waals surface area contributed by atoms with Gasteiger partial charge in [-0.3, -0.25) is 9.78 Å². The van der Waals surface area contributed by atoms with E-state index in [0.717, 1.165) is 16.9 Å². The van der Waals surface area contributed by atoms with E-state index >= 15 is 0 Å². The zero-order valence-electron chi connectivity index (χ0n) is 10.1. The lowest BCUT2D eigenvalue weighted by atomic mass is 10.2. The van der Waals surface area contributed by atoms with Crippen molar-refractivity contribution in [3.05, 3.63) is 45.9 Å². The van der Waals surface area contributed by atoms with Crippen LogP contribution in [0.15, 0.2) is 30.6 Å². The number of aromatic nitrogens is 1. The monoisotopic (exact) mass is 261 g/mol. The summed E-state index contributed by atoms with van der Waals surface area (Å²) in [5, 5.41) is 2.88. The summed E-state index contributed by atoms with van der Waals surface area (Å²) in [6, 6.07) is 5.60. The fourth-order valence-corrected chi connectivity index (χ4v) is 2.42. The number of rotatable bonds is 4. The molecule has 0 aliphatic carbocycles. The van der Waals surface area contributed by atoms with Gasteiger partial charge in [0, 0.05) is 29.5 Å². The van der Waals surface area contributed by atoms with Crippen molar-refractivity contribution in [1.29, 1.82) is 0 Å². The number of aryl methyl sites for hydroxylation is 1. The predicted molar refractivity (Wildman–Crippen MR) is 73.7 cm³/mol. The van der Waals surface area contributed by atoms with Gasteiger partial charge >= 0.3 is 0 Å². The molecule has 2 aromatic heterocycles. The number of hydrogen-bond donors (Lipinski definition) is 2. The molecule has 0 unspecified atom stereocenters. The number of nitrogens with zero attached hydrogens (tertiary/aromatic N) is 1. The number of carbonyl (C=O) groups is 1. The molecule has 0 saturated carbocycles. The van der Waals surface area contributed by atoms with Crippen LogP contribution in [0.1, 0.15) is 20.1 Å². The first-order chi connectivity index (χ1) is 8.66. The van der Waals surface area contributed by atoms with Crippen molar-refractivity contribution in [2.75, 3.05) is 12.3 Å². The zero-order chi connectivity index (χ0) is 13.0. The Kier molecular flexibility index (Phi) is 3.94. The molecule has 0 aliphatic rings. The first-order valence-corrected chi connectivity index (χ1v) is 6.51. The second-order valence-electron chi connectivity index (χ2n) is 3.99. The number of nitrogens with two attached hydrogens (primary N) is 1. The van der Waals surface area contributed by atoms with Crippen molar-refractivity contribution in [2.45, 2.75) is 13.3 Å². The van der Waals surface area contributed by atoms with Gasteiger partial charge in [-0.2, -0.15) is 0 Å². The Hall–Kier alpha value is -1.88. The summed E-state index contributed by atoms with van der Waals surface area (Å²) in [7, 11) is 0. The molecule has 0 atom stereocenters. The fraction of sp³-hybridized carbons (Fsp3) is 0.231. The van der Waals surface area contributed by atoms with Crippen LogP contribution >= 0.6 is 11.3 Å². The highest BCUT2D eigenvalue weighted by molar-refractivity contribution is 7.14. The van der Waals surface area contributed by atoms with E-state index in [-0.39, 0.29) is 5.91 Å². The SMILES string of the molecule is Cc1sc(C(=O)NCCc2cccnc2)cc1N. The quantitative estimate of drug-likeness (QED) is 0.884. The third kappa shape index (κ3) is 3.07. The van der Waals surface area contributed by atoms with E-state index in [4.69, 9.17) is 5.73 Å². The van der Waals surface area contributed by atoms with Gasteiger partial charge < -0.3 is 11.1 Å². The molecule has 0 spiro atoms. The Labute approximate surface area is 110 Å². The minimum Gasteiger partial charge on any atom is -0.398 e. The summed E-state index contributed by atoms with van der Waals surface area (Å²) >= 11 is 1.42. The van der Waals surface area contributed by atoms with Crippen LogP contribution in [-0.4, -0.2) is 17.4 Å². The van der Waals surface area contributed by atoms with Gasteiger partial charge in [0.1, 0.15) is 0 Å². The van der Waals surface area contributed by atoms with Crippen molar-refractivity contribution >= 4 is 22.9 Å². The molecule has 0 aromatic carbocycles. The van der Waals surface area contributed by atoms with Crippen LogP contribution in [0.2, 0.25) is 0 Å². The molecule has 0 radical (unpaired) electrons. The molecule has 18 heavy (non-hydrogen) atoms. The maximum atomic E-state index is 11.8. The molecule has 94 valence electrons. The van der Waals surface area contributed by atoms with E-state index in [9.17, 15) is 4.79 Å². The smallest absolute Gasteiger partial charge is 0.261 e. The van der Waals surface area contributed by atoms with Crippen LogP contribution in [0.5, 0.6) is 0 Å². The van der Waals surface area contributed by atoms with Gasteiger partial charge in [-0.05, 0) is 31.0 Å². The number of nitrogen functional groups attached to an aromatic ring is 1. The molecule has 0 aliphatic heterocycles. The first kappa shape index (κ1) is 12.6. The van der Waals surface area contributed by atoms with Crippen LogP contribution in [0.3, 0.4) is 0 Å². The summed E-state index contributed by atoms with van der Waals surface area (Å²) in [4.78, 5) is 17.5.